The molecule has 0 aromatic heterocycles. The molecule has 2 amide bonds. The Balaban J connectivity index is 1.70. The number of hydrogen-bond donors (Lipinski definition) is 1. The summed E-state index contributed by atoms with van der Waals surface area (Å²) in [5, 5.41) is 2.91. The van der Waals surface area contributed by atoms with E-state index >= 15 is 0 Å². The van der Waals surface area contributed by atoms with Crippen LogP contribution in [0.3, 0.4) is 0 Å². The van der Waals surface area contributed by atoms with Gasteiger partial charge in [0, 0.05) is 30.4 Å². The van der Waals surface area contributed by atoms with E-state index in [0.29, 0.717) is 22.7 Å². The Hall–Kier alpha value is -4.06. The van der Waals surface area contributed by atoms with Crippen LogP contribution < -0.4 is 14.8 Å². The van der Waals surface area contributed by atoms with Gasteiger partial charge in [0.1, 0.15) is 11.5 Å². The van der Waals surface area contributed by atoms with Crippen molar-refractivity contribution in [3.05, 3.63) is 95.6 Å². The van der Waals surface area contributed by atoms with E-state index in [1.54, 1.807) is 50.4 Å². The minimum atomic E-state index is -0.199. The normalized spacial score (nSPS) is 11.6. The number of ether oxygens (including phenoxy) is 2. The van der Waals surface area contributed by atoms with Crippen LogP contribution in [-0.2, 0) is 4.79 Å². The lowest BCUT2D eigenvalue weighted by Gasteiger charge is -2.24. The summed E-state index contributed by atoms with van der Waals surface area (Å²) in [6, 6.07) is 21.8. The van der Waals surface area contributed by atoms with Crippen molar-refractivity contribution in [2.75, 3.05) is 26.6 Å². The van der Waals surface area contributed by atoms with Gasteiger partial charge in [-0.2, -0.15) is 0 Å². The van der Waals surface area contributed by atoms with Gasteiger partial charge < -0.3 is 19.7 Å². The molecular weight excluding hydrogens is 416 g/mol. The SMILES string of the molecule is COc1cc(/C=C/C(=O)N(C)C(C)c2cccc(NC(=O)c3ccccc3)c2)cc(OC)c1. The lowest BCUT2D eigenvalue weighted by Crippen LogP contribution is -2.28. The number of amides is 2. The molecule has 0 saturated heterocycles. The van der Waals surface area contributed by atoms with Crippen molar-refractivity contribution in [1.29, 1.82) is 0 Å². The summed E-state index contributed by atoms with van der Waals surface area (Å²) in [7, 11) is 4.91. The molecule has 3 aromatic rings. The minimum absolute atomic E-state index is 0.150. The summed E-state index contributed by atoms with van der Waals surface area (Å²) in [6.07, 6.45) is 3.25. The number of rotatable bonds is 8. The molecule has 6 heteroatoms. The summed E-state index contributed by atoms with van der Waals surface area (Å²) in [4.78, 5) is 26.9. The first-order chi connectivity index (χ1) is 15.9. The maximum absolute atomic E-state index is 12.8. The highest BCUT2D eigenvalue weighted by atomic mass is 16.5. The van der Waals surface area contributed by atoms with Gasteiger partial charge in [0.05, 0.1) is 20.3 Å². The fourth-order valence-electron chi connectivity index (χ4n) is 3.29. The van der Waals surface area contributed by atoms with Crippen molar-refractivity contribution in [2.24, 2.45) is 0 Å². The van der Waals surface area contributed by atoms with E-state index in [0.717, 1.165) is 11.1 Å². The van der Waals surface area contributed by atoms with E-state index in [4.69, 9.17) is 9.47 Å². The predicted octanol–water partition coefficient (Wildman–Crippen LogP) is 5.19. The number of hydrogen-bond acceptors (Lipinski definition) is 4. The average molecular weight is 445 g/mol. The average Bonchev–Trinajstić information content (AvgIpc) is 2.86. The first kappa shape index (κ1) is 23.6. The Morgan fingerprint density at radius 1 is 0.909 bits per heavy atom. The zero-order valence-electron chi connectivity index (χ0n) is 19.2. The Kier molecular flexibility index (Phi) is 7.86. The molecule has 3 aromatic carbocycles. The lowest BCUT2D eigenvalue weighted by molar-refractivity contribution is -0.126. The van der Waals surface area contributed by atoms with Crippen molar-refractivity contribution in [3.63, 3.8) is 0 Å². The van der Waals surface area contributed by atoms with E-state index in [2.05, 4.69) is 5.32 Å². The van der Waals surface area contributed by atoms with E-state index in [1.807, 2.05) is 61.5 Å². The summed E-state index contributed by atoms with van der Waals surface area (Å²) < 4.78 is 10.6. The highest BCUT2D eigenvalue weighted by molar-refractivity contribution is 6.04. The molecule has 1 N–H and O–H groups in total. The molecule has 0 saturated carbocycles. The largest absolute Gasteiger partial charge is 0.497 e. The Morgan fingerprint density at radius 2 is 1.58 bits per heavy atom. The highest BCUT2D eigenvalue weighted by Gasteiger charge is 2.16. The van der Waals surface area contributed by atoms with E-state index in [-0.39, 0.29) is 17.9 Å². The number of nitrogens with one attached hydrogen (secondary N) is 1. The molecule has 33 heavy (non-hydrogen) atoms. The van der Waals surface area contributed by atoms with Gasteiger partial charge in [0.15, 0.2) is 0 Å². The number of anilines is 1. The molecule has 0 aliphatic carbocycles. The molecule has 1 unspecified atom stereocenters. The number of carbonyl (C=O) groups excluding carboxylic acids is 2. The molecule has 0 aliphatic rings. The molecule has 0 bridgehead atoms. The summed E-state index contributed by atoms with van der Waals surface area (Å²) in [5.41, 5.74) is 2.97. The third-order valence-electron chi connectivity index (χ3n) is 5.38. The summed E-state index contributed by atoms with van der Waals surface area (Å²) in [6.45, 7) is 1.94. The van der Waals surface area contributed by atoms with Crippen molar-refractivity contribution in [1.82, 2.24) is 4.90 Å². The van der Waals surface area contributed by atoms with Gasteiger partial charge in [-0.3, -0.25) is 9.59 Å². The van der Waals surface area contributed by atoms with Crippen LogP contribution in [0.15, 0.2) is 78.9 Å². The minimum Gasteiger partial charge on any atom is -0.497 e. The number of benzene rings is 3. The molecule has 6 nitrogen and oxygen atoms in total. The molecule has 0 heterocycles. The van der Waals surface area contributed by atoms with Crippen LogP contribution in [0, 0.1) is 0 Å². The Morgan fingerprint density at radius 3 is 2.21 bits per heavy atom. The van der Waals surface area contributed by atoms with Gasteiger partial charge in [0.25, 0.3) is 5.91 Å². The van der Waals surface area contributed by atoms with Crippen molar-refractivity contribution in [3.8, 4) is 11.5 Å². The van der Waals surface area contributed by atoms with Gasteiger partial charge in [-0.25, -0.2) is 0 Å². The molecule has 0 radical (unpaired) electrons. The third-order valence-corrected chi connectivity index (χ3v) is 5.38. The highest BCUT2D eigenvalue weighted by Crippen LogP contribution is 2.25. The van der Waals surface area contributed by atoms with Crippen molar-refractivity contribution in [2.45, 2.75) is 13.0 Å². The number of methoxy groups -OCH3 is 2. The monoisotopic (exact) mass is 444 g/mol. The summed E-state index contributed by atoms with van der Waals surface area (Å²) >= 11 is 0. The van der Waals surface area contributed by atoms with Crippen LogP contribution in [0.4, 0.5) is 5.69 Å². The summed E-state index contributed by atoms with van der Waals surface area (Å²) in [5.74, 6) is 0.972. The van der Waals surface area contributed by atoms with Crippen LogP contribution in [0.2, 0.25) is 0 Å². The predicted molar refractivity (Wildman–Crippen MR) is 131 cm³/mol. The van der Waals surface area contributed by atoms with Gasteiger partial charge in [-0.15, -0.1) is 0 Å². The first-order valence-corrected chi connectivity index (χ1v) is 10.6. The van der Waals surface area contributed by atoms with Gasteiger partial charge in [0.2, 0.25) is 5.91 Å². The molecule has 1 atom stereocenters. The Labute approximate surface area is 194 Å². The molecular formula is C27H28N2O4. The van der Waals surface area contributed by atoms with Crippen LogP contribution in [0.5, 0.6) is 11.5 Å². The molecule has 170 valence electrons. The number of likely N-dealkylation sites (N-methyl/N-ethyl adjacent to an activating group) is 1. The maximum Gasteiger partial charge on any atom is 0.255 e. The van der Waals surface area contributed by atoms with Gasteiger partial charge in [-0.1, -0.05) is 30.3 Å². The number of carbonyl (C=O) groups is 2. The van der Waals surface area contributed by atoms with Crippen LogP contribution in [0.1, 0.15) is 34.5 Å². The third kappa shape index (κ3) is 6.23. The van der Waals surface area contributed by atoms with E-state index < -0.39 is 0 Å². The second kappa shape index (κ2) is 11.0. The Bertz CT molecular complexity index is 1120. The van der Waals surface area contributed by atoms with Crippen LogP contribution in [0.25, 0.3) is 6.08 Å². The topological polar surface area (TPSA) is 67.9 Å². The quantitative estimate of drug-likeness (QED) is 0.486. The molecule has 0 spiro atoms. The van der Waals surface area contributed by atoms with Crippen LogP contribution >= 0.6 is 0 Å². The second-order valence-corrected chi connectivity index (χ2v) is 7.55. The molecule has 0 aliphatic heterocycles. The molecule has 0 fully saturated rings. The number of nitrogens with zero attached hydrogens (tertiary/aromatic N) is 1. The van der Waals surface area contributed by atoms with Crippen LogP contribution in [-0.4, -0.2) is 38.0 Å². The van der Waals surface area contributed by atoms with Gasteiger partial charge in [-0.05, 0) is 60.5 Å². The van der Waals surface area contributed by atoms with Gasteiger partial charge >= 0.3 is 0 Å². The van der Waals surface area contributed by atoms with Crippen molar-refractivity contribution < 1.29 is 19.1 Å². The first-order valence-electron chi connectivity index (χ1n) is 10.6. The van der Waals surface area contributed by atoms with E-state index in [9.17, 15) is 9.59 Å². The zero-order chi connectivity index (χ0) is 23.8. The fraction of sp³-hybridized carbons (Fsp3) is 0.185. The second-order valence-electron chi connectivity index (χ2n) is 7.55. The zero-order valence-corrected chi connectivity index (χ0v) is 19.2. The smallest absolute Gasteiger partial charge is 0.255 e. The fourth-order valence-corrected chi connectivity index (χ4v) is 3.29. The standard InChI is InChI=1S/C27H28N2O4/c1-19(22-11-8-12-23(17-22)28-27(31)21-9-6-5-7-10-21)29(2)26(30)14-13-20-15-24(32-3)18-25(16-20)33-4/h5-19H,1-4H3,(H,28,31)/b14-13+. The lowest BCUT2D eigenvalue weighted by atomic mass is 10.1. The maximum atomic E-state index is 12.8. The molecule has 3 rings (SSSR count). The van der Waals surface area contributed by atoms with E-state index in [1.165, 1.54) is 6.08 Å². The van der Waals surface area contributed by atoms with Crippen molar-refractivity contribution >= 4 is 23.6 Å².